The number of carboxylic acid groups (broad SMARTS) is 1. The first-order valence-electron chi connectivity index (χ1n) is 5.58. The Hall–Kier alpha value is -1.97. The summed E-state index contributed by atoms with van der Waals surface area (Å²) in [6.45, 7) is 0. The van der Waals surface area contributed by atoms with E-state index in [2.05, 4.69) is 0 Å². The highest BCUT2D eigenvalue weighted by atomic mass is 19.3. The van der Waals surface area contributed by atoms with Gasteiger partial charge in [-0.25, -0.2) is 4.79 Å². The molecule has 0 aliphatic rings. The fourth-order valence-corrected chi connectivity index (χ4v) is 1.91. The van der Waals surface area contributed by atoms with E-state index in [1.54, 1.807) is 12.1 Å². The van der Waals surface area contributed by atoms with Crippen LogP contribution in [0.5, 0.6) is 0 Å². The van der Waals surface area contributed by atoms with E-state index in [0.29, 0.717) is 0 Å². The van der Waals surface area contributed by atoms with E-state index in [1.807, 2.05) is 30.3 Å². The zero-order valence-electron chi connectivity index (χ0n) is 9.57. The molecule has 1 N–H and O–H groups in total. The highest BCUT2D eigenvalue weighted by Gasteiger charge is 2.38. The largest absolute Gasteiger partial charge is 0.477 e. The number of halogens is 2. The molecule has 0 aromatic heterocycles. The molecule has 0 saturated heterocycles. The molecule has 0 amide bonds. The number of hydrogen-bond donors (Lipinski definition) is 1. The summed E-state index contributed by atoms with van der Waals surface area (Å²) in [5, 5.41) is 10.2. The summed E-state index contributed by atoms with van der Waals surface area (Å²) in [6.07, 6.45) is -0.642. The molecule has 4 heteroatoms. The van der Waals surface area contributed by atoms with Crippen LogP contribution in [0, 0.1) is 0 Å². The Kier molecular flexibility index (Phi) is 3.28. The maximum Gasteiger partial charge on any atom is 0.374 e. The van der Waals surface area contributed by atoms with Crippen LogP contribution in [-0.4, -0.2) is 17.0 Å². The van der Waals surface area contributed by atoms with Crippen LogP contribution < -0.4 is 0 Å². The molecule has 0 radical (unpaired) electrons. The van der Waals surface area contributed by atoms with Gasteiger partial charge in [0.25, 0.3) is 0 Å². The molecular weight excluding hydrogens is 238 g/mol. The number of rotatable bonds is 4. The number of aliphatic carboxylic acids is 1. The fraction of sp³-hybridized carbons (Fsp3) is 0.214. The lowest BCUT2D eigenvalue weighted by Gasteiger charge is -2.12. The third kappa shape index (κ3) is 2.47. The molecule has 2 aromatic rings. The van der Waals surface area contributed by atoms with Gasteiger partial charge in [0, 0.05) is 6.42 Å². The van der Waals surface area contributed by atoms with Crippen LogP contribution in [-0.2, 0) is 11.2 Å². The maximum absolute atomic E-state index is 13.0. The number of aryl methyl sites for hydroxylation is 1. The van der Waals surface area contributed by atoms with Gasteiger partial charge in [0.2, 0.25) is 0 Å². The van der Waals surface area contributed by atoms with Crippen molar-refractivity contribution < 1.29 is 18.7 Å². The molecule has 0 unspecified atom stereocenters. The van der Waals surface area contributed by atoms with Crippen molar-refractivity contribution in [3.05, 3.63) is 48.0 Å². The van der Waals surface area contributed by atoms with Gasteiger partial charge >= 0.3 is 11.9 Å². The lowest BCUT2D eigenvalue weighted by atomic mass is 9.99. The highest BCUT2D eigenvalue weighted by Crippen LogP contribution is 2.25. The van der Waals surface area contributed by atoms with Crippen LogP contribution in [0.1, 0.15) is 12.0 Å². The second-order valence-electron chi connectivity index (χ2n) is 4.15. The van der Waals surface area contributed by atoms with Crippen LogP contribution in [0.2, 0.25) is 0 Å². The molecule has 0 aliphatic carbocycles. The van der Waals surface area contributed by atoms with Gasteiger partial charge in [-0.15, -0.1) is 0 Å². The summed E-state index contributed by atoms with van der Waals surface area (Å²) in [6, 6.07) is 12.9. The molecule has 94 valence electrons. The zero-order chi connectivity index (χ0) is 13.2. The van der Waals surface area contributed by atoms with E-state index in [9.17, 15) is 13.6 Å². The molecule has 0 fully saturated rings. The summed E-state index contributed by atoms with van der Waals surface area (Å²) in [7, 11) is 0. The van der Waals surface area contributed by atoms with Crippen molar-refractivity contribution in [1.82, 2.24) is 0 Å². The molecule has 2 nitrogen and oxygen atoms in total. The summed E-state index contributed by atoms with van der Waals surface area (Å²) in [5.41, 5.74) is 0.744. The summed E-state index contributed by atoms with van der Waals surface area (Å²) >= 11 is 0. The Balaban J connectivity index is 2.25. The Morgan fingerprint density at radius 2 is 1.78 bits per heavy atom. The van der Waals surface area contributed by atoms with Gasteiger partial charge < -0.3 is 5.11 Å². The van der Waals surface area contributed by atoms with Gasteiger partial charge in [-0.3, -0.25) is 0 Å². The topological polar surface area (TPSA) is 37.3 Å². The molecule has 2 rings (SSSR count). The second kappa shape index (κ2) is 4.72. The number of benzene rings is 2. The van der Waals surface area contributed by atoms with Gasteiger partial charge in [-0.2, -0.15) is 8.78 Å². The molecular formula is C14H12F2O2. The second-order valence-corrected chi connectivity index (χ2v) is 4.15. The van der Waals surface area contributed by atoms with Gasteiger partial charge in [0.05, 0.1) is 0 Å². The number of alkyl halides is 2. The molecule has 2 aromatic carbocycles. The quantitative estimate of drug-likeness (QED) is 0.901. The Bertz CT molecular complexity index is 574. The number of fused-ring (bicyclic) bond motifs is 1. The number of carbonyl (C=O) groups is 1. The van der Waals surface area contributed by atoms with Gasteiger partial charge in [-0.05, 0) is 22.8 Å². The molecule has 0 aliphatic heterocycles. The van der Waals surface area contributed by atoms with Gasteiger partial charge in [-0.1, -0.05) is 42.5 Å². The standard InChI is InChI=1S/C14H12F2O2/c15-14(16,13(17)18)9-8-11-6-3-5-10-4-1-2-7-12(10)11/h1-7H,8-9H2,(H,17,18). The summed E-state index contributed by atoms with van der Waals surface area (Å²) in [5.74, 6) is -5.74. The van der Waals surface area contributed by atoms with Crippen molar-refractivity contribution in [1.29, 1.82) is 0 Å². The fourth-order valence-electron chi connectivity index (χ4n) is 1.91. The van der Waals surface area contributed by atoms with Crippen molar-refractivity contribution in [2.24, 2.45) is 0 Å². The van der Waals surface area contributed by atoms with E-state index < -0.39 is 18.3 Å². The van der Waals surface area contributed by atoms with Crippen LogP contribution in [0.15, 0.2) is 42.5 Å². The minimum absolute atomic E-state index is 0.0423. The third-order valence-electron chi connectivity index (χ3n) is 2.90. The van der Waals surface area contributed by atoms with E-state index >= 15 is 0 Å². The van der Waals surface area contributed by atoms with Crippen LogP contribution in [0.4, 0.5) is 8.78 Å². The smallest absolute Gasteiger partial charge is 0.374 e. The van der Waals surface area contributed by atoms with Crippen LogP contribution in [0.25, 0.3) is 10.8 Å². The number of hydrogen-bond acceptors (Lipinski definition) is 1. The van der Waals surface area contributed by atoms with Crippen molar-refractivity contribution >= 4 is 16.7 Å². The lowest BCUT2D eigenvalue weighted by molar-refractivity contribution is -0.165. The predicted octanol–water partition coefficient (Wildman–Crippen LogP) is 3.49. The molecule has 0 saturated carbocycles. The highest BCUT2D eigenvalue weighted by molar-refractivity contribution is 5.85. The number of carboxylic acids is 1. The molecule has 0 atom stereocenters. The zero-order valence-corrected chi connectivity index (χ0v) is 9.57. The van der Waals surface area contributed by atoms with Crippen LogP contribution >= 0.6 is 0 Å². The first kappa shape index (κ1) is 12.5. The lowest BCUT2D eigenvalue weighted by Crippen LogP contribution is -2.28. The Morgan fingerprint density at radius 1 is 1.11 bits per heavy atom. The van der Waals surface area contributed by atoms with Crippen molar-refractivity contribution in [2.75, 3.05) is 0 Å². The van der Waals surface area contributed by atoms with E-state index in [4.69, 9.17) is 5.11 Å². The first-order chi connectivity index (χ1) is 8.50. The molecule has 0 spiro atoms. The molecule has 0 bridgehead atoms. The third-order valence-corrected chi connectivity index (χ3v) is 2.90. The van der Waals surface area contributed by atoms with Crippen molar-refractivity contribution in [2.45, 2.75) is 18.8 Å². The normalized spacial score (nSPS) is 11.7. The minimum Gasteiger partial charge on any atom is -0.477 e. The average Bonchev–Trinajstić information content (AvgIpc) is 2.36. The minimum atomic E-state index is -3.67. The summed E-state index contributed by atoms with van der Waals surface area (Å²) < 4.78 is 26.1. The van der Waals surface area contributed by atoms with Crippen molar-refractivity contribution in [3.63, 3.8) is 0 Å². The summed E-state index contributed by atoms with van der Waals surface area (Å²) in [4.78, 5) is 10.4. The monoisotopic (exact) mass is 250 g/mol. The van der Waals surface area contributed by atoms with E-state index in [1.165, 1.54) is 0 Å². The average molecular weight is 250 g/mol. The maximum atomic E-state index is 13.0. The predicted molar refractivity (Wildman–Crippen MR) is 64.9 cm³/mol. The van der Waals surface area contributed by atoms with Crippen molar-refractivity contribution in [3.8, 4) is 0 Å². The SMILES string of the molecule is O=C(O)C(F)(F)CCc1cccc2ccccc12. The first-order valence-corrected chi connectivity index (χ1v) is 5.58. The molecule has 0 heterocycles. The van der Waals surface area contributed by atoms with Gasteiger partial charge in [0.15, 0.2) is 0 Å². The van der Waals surface area contributed by atoms with Crippen LogP contribution in [0.3, 0.4) is 0 Å². The molecule has 18 heavy (non-hydrogen) atoms. The van der Waals surface area contributed by atoms with Gasteiger partial charge in [0.1, 0.15) is 0 Å². The van der Waals surface area contributed by atoms with E-state index in [0.717, 1.165) is 16.3 Å². The Labute approximate surface area is 103 Å². The van der Waals surface area contributed by atoms with E-state index in [-0.39, 0.29) is 6.42 Å². The Morgan fingerprint density at radius 3 is 2.50 bits per heavy atom.